The molecule has 0 aliphatic carbocycles. The van der Waals surface area contributed by atoms with E-state index >= 15 is 0 Å². The summed E-state index contributed by atoms with van der Waals surface area (Å²) >= 11 is 0. The SMILES string of the molecule is CC(=O)Oc1ccccc1C#Cc1ccccc1. The normalized spacial score (nSPS) is 9.17. The van der Waals surface area contributed by atoms with Gasteiger partial charge in [-0.15, -0.1) is 0 Å². The van der Waals surface area contributed by atoms with Gasteiger partial charge in [-0.25, -0.2) is 0 Å². The van der Waals surface area contributed by atoms with Crippen LogP contribution in [-0.2, 0) is 4.79 Å². The van der Waals surface area contributed by atoms with Crippen LogP contribution in [0.4, 0.5) is 0 Å². The largest absolute Gasteiger partial charge is 0.425 e. The lowest BCUT2D eigenvalue weighted by molar-refractivity contribution is -0.131. The van der Waals surface area contributed by atoms with Gasteiger partial charge in [0.15, 0.2) is 0 Å². The maximum atomic E-state index is 11.0. The van der Waals surface area contributed by atoms with Crippen molar-refractivity contribution in [1.82, 2.24) is 0 Å². The molecule has 0 saturated carbocycles. The van der Waals surface area contributed by atoms with Gasteiger partial charge in [0.05, 0.1) is 5.56 Å². The van der Waals surface area contributed by atoms with Crippen LogP contribution in [0.5, 0.6) is 5.75 Å². The highest BCUT2D eigenvalue weighted by Crippen LogP contribution is 2.16. The van der Waals surface area contributed by atoms with Gasteiger partial charge in [-0.3, -0.25) is 4.79 Å². The first-order chi connectivity index (χ1) is 8.75. The standard InChI is InChI=1S/C16H12O2/c1-13(17)18-16-10-6-5-9-15(16)12-11-14-7-3-2-4-8-14/h2-10H,1H3. The minimum Gasteiger partial charge on any atom is -0.425 e. The van der Waals surface area contributed by atoms with Crippen LogP contribution in [0.2, 0.25) is 0 Å². The Bertz CT molecular complexity index is 604. The molecule has 18 heavy (non-hydrogen) atoms. The summed E-state index contributed by atoms with van der Waals surface area (Å²) in [5.41, 5.74) is 1.63. The van der Waals surface area contributed by atoms with Crippen LogP contribution in [0.1, 0.15) is 18.1 Å². The second-order valence-electron chi connectivity index (χ2n) is 3.71. The van der Waals surface area contributed by atoms with E-state index in [1.807, 2.05) is 48.5 Å². The zero-order chi connectivity index (χ0) is 12.8. The molecule has 2 heteroatoms. The quantitative estimate of drug-likeness (QED) is 0.432. The van der Waals surface area contributed by atoms with E-state index in [9.17, 15) is 4.79 Å². The zero-order valence-corrected chi connectivity index (χ0v) is 10.0. The van der Waals surface area contributed by atoms with Crippen LogP contribution < -0.4 is 4.74 Å². The lowest BCUT2D eigenvalue weighted by Crippen LogP contribution is -2.02. The number of hydrogen-bond acceptors (Lipinski definition) is 2. The molecule has 0 spiro atoms. The number of carbonyl (C=O) groups is 1. The van der Waals surface area contributed by atoms with Gasteiger partial charge < -0.3 is 4.74 Å². The Kier molecular flexibility index (Phi) is 3.78. The Balaban J connectivity index is 2.30. The average molecular weight is 236 g/mol. The Morgan fingerprint density at radius 3 is 2.33 bits per heavy atom. The van der Waals surface area contributed by atoms with E-state index in [4.69, 9.17) is 4.74 Å². The summed E-state index contributed by atoms with van der Waals surface area (Å²) < 4.78 is 5.09. The van der Waals surface area contributed by atoms with Crippen molar-refractivity contribution >= 4 is 5.97 Å². The Hall–Kier alpha value is -2.53. The minimum atomic E-state index is -0.344. The third-order valence-corrected chi connectivity index (χ3v) is 2.26. The molecule has 0 aliphatic rings. The predicted octanol–water partition coefficient (Wildman–Crippen LogP) is 3.01. The number of carbonyl (C=O) groups excluding carboxylic acids is 1. The molecule has 0 saturated heterocycles. The number of hydrogen-bond donors (Lipinski definition) is 0. The molecule has 0 fully saturated rings. The van der Waals surface area contributed by atoms with Gasteiger partial charge in [-0.1, -0.05) is 42.2 Å². The van der Waals surface area contributed by atoms with E-state index < -0.39 is 0 Å². The van der Waals surface area contributed by atoms with Crippen LogP contribution >= 0.6 is 0 Å². The molecule has 0 unspecified atom stereocenters. The molecule has 0 radical (unpaired) electrons. The molecule has 0 bridgehead atoms. The molecular formula is C16H12O2. The van der Waals surface area contributed by atoms with Crippen molar-refractivity contribution in [2.75, 3.05) is 0 Å². The molecule has 88 valence electrons. The van der Waals surface area contributed by atoms with Gasteiger partial charge in [0.2, 0.25) is 0 Å². The molecule has 2 aromatic carbocycles. The third kappa shape index (κ3) is 3.23. The van der Waals surface area contributed by atoms with Crippen molar-refractivity contribution in [3.05, 3.63) is 65.7 Å². The van der Waals surface area contributed by atoms with Gasteiger partial charge >= 0.3 is 5.97 Å². The zero-order valence-electron chi connectivity index (χ0n) is 10.0. The molecule has 0 aliphatic heterocycles. The van der Waals surface area contributed by atoms with Gasteiger partial charge in [-0.2, -0.15) is 0 Å². The van der Waals surface area contributed by atoms with Gasteiger partial charge in [0.25, 0.3) is 0 Å². The summed E-state index contributed by atoms with van der Waals surface area (Å²) in [5.74, 6) is 6.19. The second kappa shape index (κ2) is 5.70. The van der Waals surface area contributed by atoms with Crippen molar-refractivity contribution in [3.63, 3.8) is 0 Å². The molecule has 0 heterocycles. The van der Waals surface area contributed by atoms with Gasteiger partial charge in [-0.05, 0) is 24.3 Å². The van der Waals surface area contributed by atoms with Crippen LogP contribution in [0.25, 0.3) is 0 Å². The minimum absolute atomic E-state index is 0.344. The van der Waals surface area contributed by atoms with Crippen molar-refractivity contribution in [1.29, 1.82) is 0 Å². The van der Waals surface area contributed by atoms with E-state index in [0.717, 1.165) is 5.56 Å². The summed E-state index contributed by atoms with van der Waals surface area (Å²) in [6, 6.07) is 16.9. The Morgan fingerprint density at radius 1 is 0.944 bits per heavy atom. The van der Waals surface area contributed by atoms with Crippen molar-refractivity contribution in [3.8, 4) is 17.6 Å². The predicted molar refractivity (Wildman–Crippen MR) is 70.2 cm³/mol. The first-order valence-electron chi connectivity index (χ1n) is 5.60. The summed E-state index contributed by atoms with van der Waals surface area (Å²) in [5, 5.41) is 0. The number of benzene rings is 2. The van der Waals surface area contributed by atoms with E-state index in [1.165, 1.54) is 6.92 Å². The smallest absolute Gasteiger partial charge is 0.308 e. The van der Waals surface area contributed by atoms with Gasteiger partial charge in [0.1, 0.15) is 5.75 Å². The summed E-state index contributed by atoms with van der Waals surface area (Å²) in [6.07, 6.45) is 0. The molecular weight excluding hydrogens is 224 g/mol. The number of para-hydroxylation sites is 1. The maximum Gasteiger partial charge on any atom is 0.308 e. The summed E-state index contributed by atoms with van der Waals surface area (Å²) in [7, 11) is 0. The van der Waals surface area contributed by atoms with E-state index in [0.29, 0.717) is 11.3 Å². The molecule has 0 amide bonds. The van der Waals surface area contributed by atoms with Crippen molar-refractivity contribution in [2.24, 2.45) is 0 Å². The van der Waals surface area contributed by atoms with Crippen molar-refractivity contribution in [2.45, 2.75) is 6.92 Å². The van der Waals surface area contributed by atoms with Crippen LogP contribution in [-0.4, -0.2) is 5.97 Å². The highest BCUT2D eigenvalue weighted by atomic mass is 16.5. The first-order valence-corrected chi connectivity index (χ1v) is 5.60. The fourth-order valence-corrected chi connectivity index (χ4v) is 1.47. The third-order valence-electron chi connectivity index (χ3n) is 2.26. The highest BCUT2D eigenvalue weighted by molar-refractivity contribution is 5.70. The van der Waals surface area contributed by atoms with Crippen LogP contribution in [0.3, 0.4) is 0 Å². The van der Waals surface area contributed by atoms with Crippen LogP contribution in [0, 0.1) is 11.8 Å². The number of rotatable bonds is 1. The summed E-state index contributed by atoms with van der Waals surface area (Å²) in [4.78, 5) is 11.0. The van der Waals surface area contributed by atoms with Gasteiger partial charge in [0, 0.05) is 12.5 Å². The average Bonchev–Trinajstić information content (AvgIpc) is 2.38. The van der Waals surface area contributed by atoms with Crippen molar-refractivity contribution < 1.29 is 9.53 Å². The first kappa shape index (κ1) is 11.9. The highest BCUT2D eigenvalue weighted by Gasteiger charge is 2.02. The Labute approximate surface area is 106 Å². The monoisotopic (exact) mass is 236 g/mol. The second-order valence-corrected chi connectivity index (χ2v) is 3.71. The maximum absolute atomic E-state index is 11.0. The topological polar surface area (TPSA) is 26.3 Å². The lowest BCUT2D eigenvalue weighted by atomic mass is 10.1. The molecule has 0 atom stereocenters. The Morgan fingerprint density at radius 2 is 1.61 bits per heavy atom. The number of ether oxygens (including phenoxy) is 1. The summed E-state index contributed by atoms with van der Waals surface area (Å²) in [6.45, 7) is 1.38. The van der Waals surface area contributed by atoms with E-state index in [-0.39, 0.29) is 5.97 Å². The van der Waals surface area contributed by atoms with Crippen LogP contribution in [0.15, 0.2) is 54.6 Å². The fourth-order valence-electron chi connectivity index (χ4n) is 1.47. The fraction of sp³-hybridized carbons (Fsp3) is 0.0625. The molecule has 2 nitrogen and oxygen atoms in total. The molecule has 2 rings (SSSR count). The molecule has 2 aromatic rings. The van der Waals surface area contributed by atoms with E-state index in [2.05, 4.69) is 11.8 Å². The molecule has 0 aromatic heterocycles. The molecule has 0 N–H and O–H groups in total. The van der Waals surface area contributed by atoms with E-state index in [1.54, 1.807) is 6.07 Å². The number of esters is 1. The lowest BCUT2D eigenvalue weighted by Gasteiger charge is -2.02.